The predicted molar refractivity (Wildman–Crippen MR) is 62.3 cm³/mol. The molecule has 0 saturated heterocycles. The Bertz CT molecular complexity index is 344. The molecule has 76 valence electrons. The molecule has 3 nitrogen and oxygen atoms in total. The highest BCUT2D eigenvalue weighted by atomic mass is 127. The van der Waals surface area contributed by atoms with Gasteiger partial charge in [0.2, 0.25) is 0 Å². The maximum atomic E-state index is 11.2. The van der Waals surface area contributed by atoms with Gasteiger partial charge in [0, 0.05) is 9.77 Å². The SMILES string of the molecule is CCOC(=O)Cc1ncc(Cl)cc1I. The number of halogens is 2. The van der Waals surface area contributed by atoms with Gasteiger partial charge in [-0.05, 0) is 35.6 Å². The molecule has 1 rings (SSSR count). The molecule has 0 atom stereocenters. The Labute approximate surface area is 101 Å². The second-order valence-corrected chi connectivity index (χ2v) is 4.16. The predicted octanol–water partition coefficient (Wildman–Crippen LogP) is 2.45. The van der Waals surface area contributed by atoms with E-state index in [-0.39, 0.29) is 12.4 Å². The van der Waals surface area contributed by atoms with Crippen LogP contribution in [0.1, 0.15) is 12.6 Å². The van der Waals surface area contributed by atoms with Gasteiger partial charge >= 0.3 is 5.97 Å². The van der Waals surface area contributed by atoms with Gasteiger partial charge in [-0.15, -0.1) is 0 Å². The van der Waals surface area contributed by atoms with Crippen LogP contribution in [0.25, 0.3) is 0 Å². The zero-order chi connectivity index (χ0) is 10.6. The van der Waals surface area contributed by atoms with E-state index in [1.54, 1.807) is 13.0 Å². The highest BCUT2D eigenvalue weighted by Crippen LogP contribution is 2.15. The second kappa shape index (κ2) is 5.50. The minimum atomic E-state index is -0.264. The topological polar surface area (TPSA) is 39.2 Å². The summed E-state index contributed by atoms with van der Waals surface area (Å²) in [4.78, 5) is 15.2. The molecule has 0 fully saturated rings. The summed E-state index contributed by atoms with van der Waals surface area (Å²) in [5.41, 5.74) is 0.702. The Hall–Kier alpha value is -0.360. The zero-order valence-electron chi connectivity index (χ0n) is 7.59. The molecule has 0 aliphatic carbocycles. The summed E-state index contributed by atoms with van der Waals surface area (Å²) in [7, 11) is 0. The molecule has 0 amide bonds. The van der Waals surface area contributed by atoms with Gasteiger partial charge in [-0.25, -0.2) is 0 Å². The lowest BCUT2D eigenvalue weighted by atomic mass is 10.3. The fraction of sp³-hybridized carbons (Fsp3) is 0.333. The lowest BCUT2D eigenvalue weighted by Gasteiger charge is -2.03. The summed E-state index contributed by atoms with van der Waals surface area (Å²) in [6.45, 7) is 2.17. The molecule has 0 aromatic carbocycles. The maximum Gasteiger partial charge on any atom is 0.311 e. The van der Waals surface area contributed by atoms with Gasteiger partial charge in [0.15, 0.2) is 0 Å². The van der Waals surface area contributed by atoms with Crippen LogP contribution in [0, 0.1) is 3.57 Å². The van der Waals surface area contributed by atoms with Crippen LogP contribution in [-0.4, -0.2) is 17.6 Å². The van der Waals surface area contributed by atoms with E-state index in [0.29, 0.717) is 17.3 Å². The summed E-state index contributed by atoms with van der Waals surface area (Å²) in [6, 6.07) is 1.77. The number of esters is 1. The van der Waals surface area contributed by atoms with Gasteiger partial charge in [0.05, 0.1) is 23.7 Å². The summed E-state index contributed by atoms with van der Waals surface area (Å²) in [5, 5.41) is 0.571. The Morgan fingerprint density at radius 1 is 1.71 bits per heavy atom. The number of aromatic nitrogens is 1. The van der Waals surface area contributed by atoms with E-state index in [2.05, 4.69) is 27.6 Å². The minimum Gasteiger partial charge on any atom is -0.466 e. The normalized spacial score (nSPS) is 9.93. The van der Waals surface area contributed by atoms with Crippen molar-refractivity contribution in [2.24, 2.45) is 0 Å². The number of hydrogen-bond donors (Lipinski definition) is 0. The molecule has 0 spiro atoms. The lowest BCUT2D eigenvalue weighted by molar-refractivity contribution is -0.142. The Morgan fingerprint density at radius 3 is 3.00 bits per heavy atom. The monoisotopic (exact) mass is 325 g/mol. The Morgan fingerprint density at radius 2 is 2.43 bits per heavy atom. The molecule has 1 heterocycles. The van der Waals surface area contributed by atoms with Crippen molar-refractivity contribution >= 4 is 40.2 Å². The number of ether oxygens (including phenoxy) is 1. The van der Waals surface area contributed by atoms with E-state index in [9.17, 15) is 4.79 Å². The summed E-state index contributed by atoms with van der Waals surface area (Å²) in [6.07, 6.45) is 1.72. The first kappa shape index (κ1) is 11.7. The quantitative estimate of drug-likeness (QED) is 0.633. The first-order valence-corrected chi connectivity index (χ1v) is 5.54. The molecule has 0 aliphatic heterocycles. The van der Waals surface area contributed by atoms with E-state index in [1.165, 1.54) is 6.20 Å². The fourth-order valence-electron chi connectivity index (χ4n) is 0.922. The van der Waals surface area contributed by atoms with Crippen LogP contribution in [0.2, 0.25) is 5.02 Å². The van der Waals surface area contributed by atoms with Gasteiger partial charge < -0.3 is 4.74 Å². The van der Waals surface area contributed by atoms with Crippen molar-refractivity contribution in [2.45, 2.75) is 13.3 Å². The van der Waals surface area contributed by atoms with Gasteiger partial charge in [-0.2, -0.15) is 0 Å². The minimum absolute atomic E-state index is 0.198. The van der Waals surface area contributed by atoms with Crippen LogP contribution in [0.3, 0.4) is 0 Å². The molecule has 1 aromatic rings. The van der Waals surface area contributed by atoms with Gasteiger partial charge in [-0.1, -0.05) is 11.6 Å². The van der Waals surface area contributed by atoms with Crippen molar-refractivity contribution in [3.63, 3.8) is 0 Å². The molecular formula is C9H9ClINO2. The highest BCUT2D eigenvalue weighted by molar-refractivity contribution is 14.1. The van der Waals surface area contributed by atoms with Crippen molar-refractivity contribution < 1.29 is 9.53 Å². The molecule has 5 heteroatoms. The second-order valence-electron chi connectivity index (χ2n) is 2.56. The van der Waals surface area contributed by atoms with E-state index in [1.807, 2.05) is 0 Å². The number of rotatable bonds is 3. The van der Waals surface area contributed by atoms with Crippen molar-refractivity contribution in [2.75, 3.05) is 6.61 Å². The molecule has 1 aromatic heterocycles. The number of carbonyl (C=O) groups is 1. The maximum absolute atomic E-state index is 11.2. The third kappa shape index (κ3) is 3.42. The van der Waals surface area contributed by atoms with Gasteiger partial charge in [0.1, 0.15) is 0 Å². The molecule has 0 aliphatic rings. The Balaban J connectivity index is 2.72. The van der Waals surface area contributed by atoms with Crippen LogP contribution in [0.5, 0.6) is 0 Å². The number of nitrogens with zero attached hydrogens (tertiary/aromatic N) is 1. The average molecular weight is 326 g/mol. The number of hydrogen-bond acceptors (Lipinski definition) is 3. The van der Waals surface area contributed by atoms with Crippen molar-refractivity contribution in [3.05, 3.63) is 26.5 Å². The van der Waals surface area contributed by atoms with E-state index in [4.69, 9.17) is 16.3 Å². The third-order valence-corrected chi connectivity index (χ3v) is 2.64. The first-order valence-electron chi connectivity index (χ1n) is 4.09. The summed E-state index contributed by atoms with van der Waals surface area (Å²) >= 11 is 7.82. The standard InChI is InChI=1S/C9H9ClINO2/c1-2-14-9(13)4-8-7(11)3-6(10)5-12-8/h3,5H,2,4H2,1H3. The van der Waals surface area contributed by atoms with Crippen LogP contribution < -0.4 is 0 Å². The third-order valence-electron chi connectivity index (χ3n) is 1.50. The van der Waals surface area contributed by atoms with Crippen molar-refractivity contribution in [3.8, 4) is 0 Å². The smallest absolute Gasteiger partial charge is 0.311 e. The largest absolute Gasteiger partial charge is 0.466 e. The number of carbonyl (C=O) groups excluding carboxylic acids is 1. The molecule has 0 bridgehead atoms. The van der Waals surface area contributed by atoms with E-state index >= 15 is 0 Å². The summed E-state index contributed by atoms with van der Waals surface area (Å²) < 4.78 is 5.69. The molecule has 0 unspecified atom stereocenters. The summed E-state index contributed by atoms with van der Waals surface area (Å²) in [5.74, 6) is -0.264. The van der Waals surface area contributed by atoms with Crippen LogP contribution >= 0.6 is 34.2 Å². The van der Waals surface area contributed by atoms with Gasteiger partial charge in [0.25, 0.3) is 0 Å². The number of pyridine rings is 1. The fourth-order valence-corrected chi connectivity index (χ4v) is 1.93. The average Bonchev–Trinajstić information content (AvgIpc) is 2.10. The first-order chi connectivity index (χ1) is 6.63. The molecule has 14 heavy (non-hydrogen) atoms. The molecule has 0 saturated carbocycles. The molecular weight excluding hydrogens is 316 g/mol. The van der Waals surface area contributed by atoms with Crippen LogP contribution in [0.4, 0.5) is 0 Å². The van der Waals surface area contributed by atoms with E-state index in [0.717, 1.165) is 3.57 Å². The van der Waals surface area contributed by atoms with Crippen LogP contribution in [-0.2, 0) is 16.0 Å². The zero-order valence-corrected chi connectivity index (χ0v) is 10.5. The van der Waals surface area contributed by atoms with Crippen LogP contribution in [0.15, 0.2) is 12.3 Å². The Kier molecular flexibility index (Phi) is 4.60. The van der Waals surface area contributed by atoms with E-state index < -0.39 is 0 Å². The van der Waals surface area contributed by atoms with Crippen molar-refractivity contribution in [1.29, 1.82) is 0 Å². The lowest BCUT2D eigenvalue weighted by Crippen LogP contribution is -2.09. The molecule has 0 radical (unpaired) electrons. The van der Waals surface area contributed by atoms with Crippen molar-refractivity contribution in [1.82, 2.24) is 4.98 Å². The highest BCUT2D eigenvalue weighted by Gasteiger charge is 2.08. The molecule has 0 N–H and O–H groups in total. The van der Waals surface area contributed by atoms with Gasteiger partial charge in [-0.3, -0.25) is 9.78 Å².